The molecule has 0 bridgehead atoms. The van der Waals surface area contributed by atoms with Gasteiger partial charge in [-0.2, -0.15) is 0 Å². The summed E-state index contributed by atoms with van der Waals surface area (Å²) in [5, 5.41) is 10.8. The number of likely N-dealkylation sites (tertiary alicyclic amines) is 1. The number of carbonyl (C=O) groups excluding carboxylic acids is 1. The highest BCUT2D eigenvalue weighted by atomic mass is 35.5. The van der Waals surface area contributed by atoms with Gasteiger partial charge in [-0.15, -0.1) is 0 Å². The first kappa shape index (κ1) is 29.5. The van der Waals surface area contributed by atoms with E-state index in [1.807, 2.05) is 37.3 Å². The molecule has 1 saturated heterocycles. The summed E-state index contributed by atoms with van der Waals surface area (Å²) >= 11 is 12.5. The average molecular weight is 569 g/mol. The Balaban J connectivity index is 2.16. The number of rotatable bonds is 8. The number of amides is 1. The van der Waals surface area contributed by atoms with Crippen LogP contribution in [0.1, 0.15) is 77.0 Å². The van der Waals surface area contributed by atoms with Crippen molar-refractivity contribution in [1.29, 1.82) is 0 Å². The van der Waals surface area contributed by atoms with Crippen LogP contribution in [0.3, 0.4) is 0 Å². The quantitative estimate of drug-likeness (QED) is 0.391. The third kappa shape index (κ3) is 6.50. The van der Waals surface area contributed by atoms with Crippen molar-refractivity contribution in [2.75, 3.05) is 5.75 Å². The minimum Gasteiger partial charge on any atom is -0.481 e. The molecular weight excluding hydrogens is 533 g/mol. The van der Waals surface area contributed by atoms with Crippen molar-refractivity contribution in [2.45, 2.75) is 76.6 Å². The van der Waals surface area contributed by atoms with E-state index in [9.17, 15) is 23.1 Å². The normalized spacial score (nSPS) is 23.6. The summed E-state index contributed by atoms with van der Waals surface area (Å²) in [4.78, 5) is 27.7. The molecule has 2 aromatic rings. The van der Waals surface area contributed by atoms with Crippen LogP contribution in [0.25, 0.3) is 0 Å². The summed E-state index contributed by atoms with van der Waals surface area (Å²) < 4.78 is 24.9. The van der Waals surface area contributed by atoms with E-state index in [0.29, 0.717) is 16.5 Å². The van der Waals surface area contributed by atoms with Gasteiger partial charge in [0.1, 0.15) is 0 Å². The van der Waals surface area contributed by atoms with Crippen LogP contribution >= 0.6 is 23.2 Å². The lowest BCUT2D eigenvalue weighted by Crippen LogP contribution is -2.55. The summed E-state index contributed by atoms with van der Waals surface area (Å²) in [6, 6.07) is 13.7. The van der Waals surface area contributed by atoms with Crippen molar-refractivity contribution in [1.82, 2.24) is 4.90 Å². The third-order valence-electron chi connectivity index (χ3n) is 7.34. The van der Waals surface area contributed by atoms with E-state index < -0.39 is 38.1 Å². The minimum absolute atomic E-state index is 0.0910. The van der Waals surface area contributed by atoms with Crippen LogP contribution in [0.2, 0.25) is 10.0 Å². The van der Waals surface area contributed by atoms with Gasteiger partial charge < -0.3 is 10.0 Å². The Hall–Kier alpha value is -2.09. The number of halogens is 2. The number of hydrogen-bond donors (Lipinski definition) is 1. The zero-order valence-corrected chi connectivity index (χ0v) is 24.2. The molecule has 3 rings (SSSR count). The molecular formula is C28H35Cl2NO5S. The van der Waals surface area contributed by atoms with Gasteiger partial charge in [0.25, 0.3) is 0 Å². The highest BCUT2D eigenvalue weighted by Crippen LogP contribution is 2.52. The summed E-state index contributed by atoms with van der Waals surface area (Å²) in [7, 11) is -3.42. The molecule has 1 heterocycles. The maximum absolute atomic E-state index is 14.1. The first-order valence-corrected chi connectivity index (χ1v) is 14.7. The fourth-order valence-corrected chi connectivity index (χ4v) is 6.72. The largest absolute Gasteiger partial charge is 0.481 e. The molecule has 0 aliphatic carbocycles. The van der Waals surface area contributed by atoms with Gasteiger partial charge in [-0.3, -0.25) is 9.59 Å². The lowest BCUT2D eigenvalue weighted by atomic mass is 9.67. The number of piperidine rings is 1. The second-order valence-corrected chi connectivity index (χ2v) is 15.0. The highest BCUT2D eigenvalue weighted by Gasteiger charge is 2.52. The number of nitrogens with zero attached hydrogens (tertiary/aromatic N) is 1. The van der Waals surface area contributed by atoms with Crippen molar-refractivity contribution in [3.63, 3.8) is 0 Å². The number of carboxylic acids is 1. The van der Waals surface area contributed by atoms with E-state index in [1.165, 1.54) is 0 Å². The summed E-state index contributed by atoms with van der Waals surface area (Å²) in [6.07, 6.45) is 0.190. The standard InChI is InChI=1S/C28H35Cl2NO5S/c1-18(13-14-37(35,36)27(2,3)4)31-25(19-9-11-21(29)12-10-19)23(20-7-6-8-22(30)15-20)16-28(5,26(31)34)17-24(32)33/h6-12,15,18,23,25H,13-14,16-17H2,1-5H3,(H,32,33)/t18-,23+,25+,28+/m0/s1. The van der Waals surface area contributed by atoms with Gasteiger partial charge in [-0.25, -0.2) is 8.42 Å². The fourth-order valence-electron chi connectivity index (χ4n) is 5.13. The smallest absolute Gasteiger partial charge is 0.304 e. The number of aliphatic carboxylic acids is 1. The predicted octanol–water partition coefficient (Wildman–Crippen LogP) is 6.52. The fraction of sp³-hybridized carbons (Fsp3) is 0.500. The van der Waals surface area contributed by atoms with Gasteiger partial charge in [-0.1, -0.05) is 54.4 Å². The van der Waals surface area contributed by atoms with Crippen LogP contribution < -0.4 is 0 Å². The Morgan fingerprint density at radius 2 is 1.73 bits per heavy atom. The SMILES string of the molecule is C[C@@H](CCS(=O)(=O)C(C)(C)C)N1C(=O)[C@@](C)(CC(=O)O)C[C@H](c2cccc(Cl)c2)[C@H]1c1ccc(Cl)cc1. The predicted molar refractivity (Wildman–Crippen MR) is 148 cm³/mol. The molecule has 0 saturated carbocycles. The summed E-state index contributed by atoms with van der Waals surface area (Å²) in [6.45, 7) is 8.50. The van der Waals surface area contributed by atoms with Gasteiger partial charge in [0.2, 0.25) is 5.91 Å². The van der Waals surface area contributed by atoms with Crippen molar-refractivity contribution in [3.8, 4) is 0 Å². The number of carboxylic acid groups (broad SMARTS) is 1. The highest BCUT2D eigenvalue weighted by molar-refractivity contribution is 7.92. The lowest BCUT2D eigenvalue weighted by molar-refractivity contribution is -0.160. The molecule has 1 aliphatic heterocycles. The summed E-state index contributed by atoms with van der Waals surface area (Å²) in [5.41, 5.74) is 0.542. The molecule has 1 amide bonds. The van der Waals surface area contributed by atoms with Gasteiger partial charge in [-0.05, 0) is 75.9 Å². The van der Waals surface area contributed by atoms with Crippen LogP contribution in [0.4, 0.5) is 0 Å². The number of carbonyl (C=O) groups is 2. The number of benzene rings is 2. The van der Waals surface area contributed by atoms with Crippen LogP contribution in [0.15, 0.2) is 48.5 Å². The zero-order chi connectivity index (χ0) is 27.8. The van der Waals surface area contributed by atoms with Crippen LogP contribution in [0.5, 0.6) is 0 Å². The molecule has 6 nitrogen and oxygen atoms in total. The maximum atomic E-state index is 14.1. The molecule has 1 N–H and O–H groups in total. The third-order valence-corrected chi connectivity index (χ3v) is 10.5. The molecule has 9 heteroatoms. The number of hydrogen-bond acceptors (Lipinski definition) is 4. The summed E-state index contributed by atoms with van der Waals surface area (Å²) in [5.74, 6) is -1.72. The lowest BCUT2D eigenvalue weighted by Gasteiger charge is -2.51. The average Bonchev–Trinajstić information content (AvgIpc) is 2.78. The molecule has 4 atom stereocenters. The van der Waals surface area contributed by atoms with Gasteiger partial charge >= 0.3 is 5.97 Å². The van der Waals surface area contributed by atoms with E-state index in [4.69, 9.17) is 23.2 Å². The minimum atomic E-state index is -3.42. The van der Waals surface area contributed by atoms with E-state index >= 15 is 0 Å². The molecule has 0 radical (unpaired) electrons. The second-order valence-electron chi connectivity index (χ2n) is 11.3. The van der Waals surface area contributed by atoms with Crippen molar-refractivity contribution < 1.29 is 23.1 Å². The van der Waals surface area contributed by atoms with Gasteiger partial charge in [0.15, 0.2) is 9.84 Å². The molecule has 0 unspecified atom stereocenters. The Morgan fingerprint density at radius 1 is 1.11 bits per heavy atom. The molecule has 37 heavy (non-hydrogen) atoms. The Kier molecular flexibility index (Phi) is 8.72. The van der Waals surface area contributed by atoms with E-state index in [2.05, 4.69) is 0 Å². The first-order chi connectivity index (χ1) is 17.1. The van der Waals surface area contributed by atoms with E-state index in [0.717, 1.165) is 11.1 Å². The van der Waals surface area contributed by atoms with Gasteiger partial charge in [0.05, 0.1) is 28.4 Å². The van der Waals surface area contributed by atoms with Crippen LogP contribution in [-0.4, -0.2) is 46.8 Å². The van der Waals surface area contributed by atoms with Gasteiger partial charge in [0, 0.05) is 22.0 Å². The van der Waals surface area contributed by atoms with E-state index in [-0.39, 0.29) is 30.4 Å². The number of sulfone groups is 1. The molecule has 0 spiro atoms. The Bertz CT molecular complexity index is 1260. The van der Waals surface area contributed by atoms with Crippen molar-refractivity contribution in [2.24, 2.45) is 5.41 Å². The van der Waals surface area contributed by atoms with Crippen molar-refractivity contribution in [3.05, 3.63) is 69.7 Å². The zero-order valence-electron chi connectivity index (χ0n) is 21.9. The topological polar surface area (TPSA) is 91.8 Å². The first-order valence-electron chi connectivity index (χ1n) is 12.3. The molecule has 0 aromatic heterocycles. The molecule has 1 fully saturated rings. The molecule has 202 valence electrons. The maximum Gasteiger partial charge on any atom is 0.304 e. The van der Waals surface area contributed by atoms with Crippen molar-refractivity contribution >= 4 is 44.9 Å². The van der Waals surface area contributed by atoms with Crippen LogP contribution in [0, 0.1) is 5.41 Å². The van der Waals surface area contributed by atoms with Crippen LogP contribution in [-0.2, 0) is 19.4 Å². The second kappa shape index (κ2) is 11.0. The molecule has 1 aliphatic rings. The van der Waals surface area contributed by atoms with E-state index in [1.54, 1.807) is 50.8 Å². The monoisotopic (exact) mass is 567 g/mol. The Morgan fingerprint density at radius 3 is 2.27 bits per heavy atom. The molecule has 2 aromatic carbocycles. The Labute approximate surface area is 229 Å².